The molecule has 5 rings (SSSR count). The molecular formula is C25H26O2. The van der Waals surface area contributed by atoms with E-state index in [0.717, 1.165) is 38.5 Å². The highest BCUT2D eigenvalue weighted by atomic mass is 16.3. The Bertz CT molecular complexity index is 930. The summed E-state index contributed by atoms with van der Waals surface area (Å²) in [7, 11) is 0. The number of benzene rings is 1. The van der Waals surface area contributed by atoms with Crippen LogP contribution in [0.25, 0.3) is 0 Å². The van der Waals surface area contributed by atoms with Crippen molar-refractivity contribution in [3.63, 3.8) is 0 Å². The van der Waals surface area contributed by atoms with Crippen molar-refractivity contribution in [2.45, 2.75) is 51.6 Å². The van der Waals surface area contributed by atoms with E-state index in [-0.39, 0.29) is 22.7 Å². The topological polar surface area (TPSA) is 37.3 Å². The Morgan fingerprint density at radius 1 is 1.15 bits per heavy atom. The first-order chi connectivity index (χ1) is 13.0. The molecule has 138 valence electrons. The fraction of sp³-hybridized carbons (Fsp3) is 0.400. The maximum atomic E-state index is 12.1. The number of ketones is 1. The normalized spacial score (nSPS) is 34.6. The third-order valence-electron chi connectivity index (χ3n) is 7.22. The van der Waals surface area contributed by atoms with Crippen molar-refractivity contribution < 1.29 is 9.90 Å². The molecule has 0 amide bonds. The standard InChI is InChI=1S/C25H26O2/c1-24-11-10-22-21(23(24)14-20(27)16-24)8-7-18-13-19(26)9-12-25(18,22)15-17-5-3-2-4-6-17/h2-6,9,12-14,20,27H,7-8,10-11,15-16H2,1H3/t20-,24-,25+/m1/s1. The molecule has 1 N–H and O–H groups in total. The summed E-state index contributed by atoms with van der Waals surface area (Å²) >= 11 is 0. The smallest absolute Gasteiger partial charge is 0.178 e. The lowest BCUT2D eigenvalue weighted by atomic mass is 9.55. The molecule has 0 saturated heterocycles. The fourth-order valence-corrected chi connectivity index (χ4v) is 5.94. The van der Waals surface area contributed by atoms with Crippen molar-refractivity contribution >= 4 is 5.78 Å². The molecule has 0 radical (unpaired) electrons. The minimum absolute atomic E-state index is 0.113. The van der Waals surface area contributed by atoms with E-state index in [1.807, 2.05) is 6.08 Å². The van der Waals surface area contributed by atoms with Crippen LogP contribution in [-0.4, -0.2) is 17.0 Å². The number of carbonyl (C=O) groups excluding carboxylic acids is 1. The molecule has 0 aliphatic heterocycles. The Kier molecular flexibility index (Phi) is 3.70. The molecule has 27 heavy (non-hydrogen) atoms. The summed E-state index contributed by atoms with van der Waals surface area (Å²) in [5.74, 6) is 0.119. The lowest BCUT2D eigenvalue weighted by Crippen LogP contribution is -2.37. The molecule has 4 aliphatic carbocycles. The van der Waals surface area contributed by atoms with E-state index in [2.05, 4.69) is 49.4 Å². The second-order valence-electron chi connectivity index (χ2n) is 8.91. The molecule has 0 fully saturated rings. The second-order valence-corrected chi connectivity index (χ2v) is 8.91. The van der Waals surface area contributed by atoms with Gasteiger partial charge in [0, 0.05) is 5.41 Å². The molecule has 1 aromatic carbocycles. The number of carbonyl (C=O) groups is 1. The highest BCUT2D eigenvalue weighted by Gasteiger charge is 2.49. The Morgan fingerprint density at radius 2 is 1.96 bits per heavy atom. The molecule has 0 unspecified atom stereocenters. The summed E-state index contributed by atoms with van der Waals surface area (Å²) in [6.45, 7) is 2.31. The van der Waals surface area contributed by atoms with Gasteiger partial charge < -0.3 is 5.11 Å². The summed E-state index contributed by atoms with van der Waals surface area (Å²) in [4.78, 5) is 12.1. The monoisotopic (exact) mass is 358 g/mol. The summed E-state index contributed by atoms with van der Waals surface area (Å²) in [6, 6.07) is 10.6. The van der Waals surface area contributed by atoms with E-state index in [9.17, 15) is 9.90 Å². The number of hydrogen-bond acceptors (Lipinski definition) is 2. The Labute approximate surface area is 161 Å². The molecule has 0 heterocycles. The number of aliphatic hydroxyl groups is 1. The van der Waals surface area contributed by atoms with Crippen LogP contribution in [0.5, 0.6) is 0 Å². The van der Waals surface area contributed by atoms with Gasteiger partial charge in [0.15, 0.2) is 5.78 Å². The third kappa shape index (κ3) is 2.54. The van der Waals surface area contributed by atoms with Crippen LogP contribution in [0, 0.1) is 10.8 Å². The van der Waals surface area contributed by atoms with Gasteiger partial charge in [0.2, 0.25) is 0 Å². The largest absolute Gasteiger partial charge is 0.389 e. The molecule has 0 aromatic heterocycles. The van der Waals surface area contributed by atoms with Gasteiger partial charge in [0.1, 0.15) is 0 Å². The van der Waals surface area contributed by atoms with Crippen molar-refractivity contribution in [3.05, 3.63) is 82.5 Å². The van der Waals surface area contributed by atoms with E-state index in [1.54, 1.807) is 6.08 Å². The summed E-state index contributed by atoms with van der Waals surface area (Å²) in [5.41, 5.74) is 6.87. The van der Waals surface area contributed by atoms with Crippen LogP contribution >= 0.6 is 0 Å². The average molecular weight is 358 g/mol. The average Bonchev–Trinajstić information content (AvgIpc) is 2.97. The van der Waals surface area contributed by atoms with Gasteiger partial charge in [-0.05, 0) is 72.8 Å². The van der Waals surface area contributed by atoms with Crippen molar-refractivity contribution in [1.29, 1.82) is 0 Å². The van der Waals surface area contributed by atoms with E-state index in [0.29, 0.717) is 0 Å². The Balaban J connectivity index is 1.68. The van der Waals surface area contributed by atoms with Crippen LogP contribution in [-0.2, 0) is 11.2 Å². The molecule has 4 aliphatic rings. The molecule has 1 aromatic rings. The molecule has 3 atom stereocenters. The quantitative estimate of drug-likeness (QED) is 0.819. The summed E-state index contributed by atoms with van der Waals surface area (Å²) < 4.78 is 0. The Hall–Kier alpha value is -2.19. The zero-order chi connectivity index (χ0) is 18.6. The molecule has 0 bridgehead atoms. The third-order valence-corrected chi connectivity index (χ3v) is 7.22. The van der Waals surface area contributed by atoms with Gasteiger partial charge in [-0.2, -0.15) is 0 Å². The number of allylic oxidation sites excluding steroid dienone is 7. The molecule has 0 saturated carbocycles. The zero-order valence-corrected chi connectivity index (χ0v) is 15.9. The van der Waals surface area contributed by atoms with E-state index in [4.69, 9.17) is 0 Å². The van der Waals surface area contributed by atoms with E-state index in [1.165, 1.54) is 27.9 Å². The fourth-order valence-electron chi connectivity index (χ4n) is 5.94. The number of rotatable bonds is 2. The molecule has 2 heteroatoms. The van der Waals surface area contributed by atoms with Crippen LogP contribution < -0.4 is 0 Å². The predicted octanol–water partition coefficient (Wildman–Crippen LogP) is 4.86. The summed E-state index contributed by atoms with van der Waals surface area (Å²) in [5, 5.41) is 10.3. The highest BCUT2D eigenvalue weighted by Crippen LogP contribution is 2.60. The molecular weight excluding hydrogens is 332 g/mol. The van der Waals surface area contributed by atoms with Crippen molar-refractivity contribution in [2.75, 3.05) is 0 Å². The highest BCUT2D eigenvalue weighted by molar-refractivity contribution is 6.01. The first kappa shape index (κ1) is 16.9. The van der Waals surface area contributed by atoms with E-state index < -0.39 is 0 Å². The molecule has 2 nitrogen and oxygen atoms in total. The van der Waals surface area contributed by atoms with Gasteiger partial charge in [0.25, 0.3) is 0 Å². The second kappa shape index (κ2) is 5.90. The Morgan fingerprint density at radius 3 is 2.78 bits per heavy atom. The minimum Gasteiger partial charge on any atom is -0.389 e. The van der Waals surface area contributed by atoms with Gasteiger partial charge in [-0.1, -0.05) is 60.6 Å². The van der Waals surface area contributed by atoms with Gasteiger partial charge >= 0.3 is 0 Å². The maximum absolute atomic E-state index is 12.1. The predicted molar refractivity (Wildman–Crippen MR) is 107 cm³/mol. The van der Waals surface area contributed by atoms with Crippen LogP contribution in [0.15, 0.2) is 76.9 Å². The first-order valence-electron chi connectivity index (χ1n) is 10.1. The van der Waals surface area contributed by atoms with Crippen LogP contribution in [0.2, 0.25) is 0 Å². The van der Waals surface area contributed by atoms with Gasteiger partial charge in [-0.3, -0.25) is 4.79 Å². The first-order valence-corrected chi connectivity index (χ1v) is 10.1. The van der Waals surface area contributed by atoms with Crippen LogP contribution in [0.1, 0.15) is 44.6 Å². The number of aliphatic hydroxyl groups excluding tert-OH is 1. The summed E-state index contributed by atoms with van der Waals surface area (Å²) in [6.07, 6.45) is 13.5. The van der Waals surface area contributed by atoms with Crippen LogP contribution in [0.4, 0.5) is 0 Å². The lowest BCUT2D eigenvalue weighted by Gasteiger charge is -2.48. The minimum atomic E-state index is -0.317. The zero-order valence-electron chi connectivity index (χ0n) is 15.9. The van der Waals surface area contributed by atoms with Crippen LogP contribution in [0.3, 0.4) is 0 Å². The van der Waals surface area contributed by atoms with Crippen molar-refractivity contribution in [1.82, 2.24) is 0 Å². The van der Waals surface area contributed by atoms with Crippen molar-refractivity contribution in [3.8, 4) is 0 Å². The maximum Gasteiger partial charge on any atom is 0.178 e. The van der Waals surface area contributed by atoms with E-state index >= 15 is 0 Å². The molecule has 0 spiro atoms. The van der Waals surface area contributed by atoms with Gasteiger partial charge in [0.05, 0.1) is 6.10 Å². The van der Waals surface area contributed by atoms with Gasteiger partial charge in [-0.15, -0.1) is 0 Å². The SMILES string of the molecule is C[C@]12CCC3=C(CCC4=CC(=O)C=C[C@]43Cc3ccccc3)C1=C[C@@H](O)C2. The van der Waals surface area contributed by atoms with Crippen molar-refractivity contribution in [2.24, 2.45) is 10.8 Å². The number of hydrogen-bond donors (Lipinski definition) is 1. The lowest BCUT2D eigenvalue weighted by molar-refractivity contribution is -0.110. The number of fused-ring (bicyclic) bond motifs is 4. The van der Waals surface area contributed by atoms with Gasteiger partial charge in [-0.25, -0.2) is 0 Å².